The first kappa shape index (κ1) is 17.8. The van der Waals surface area contributed by atoms with Crippen LogP contribution in [0.25, 0.3) is 0 Å². The topological polar surface area (TPSA) is 89.8 Å². The minimum atomic E-state index is -1.09. The summed E-state index contributed by atoms with van der Waals surface area (Å²) in [7, 11) is 0. The highest BCUT2D eigenvalue weighted by Crippen LogP contribution is 2.39. The predicted octanol–water partition coefficient (Wildman–Crippen LogP) is 3.65. The number of carbonyl (C=O) groups is 2. The van der Waals surface area contributed by atoms with Crippen LogP contribution in [0.15, 0.2) is 42.5 Å². The van der Waals surface area contributed by atoms with E-state index in [1.54, 1.807) is 0 Å². The van der Waals surface area contributed by atoms with Gasteiger partial charge in [-0.2, -0.15) is 0 Å². The molecule has 2 aromatic carbocycles. The third-order valence-corrected chi connectivity index (χ3v) is 4.76. The summed E-state index contributed by atoms with van der Waals surface area (Å²) >= 11 is 1.07. The molecule has 1 aliphatic heterocycles. The molecule has 134 valence electrons. The number of nitro groups is 1. The Morgan fingerprint density at radius 1 is 1.19 bits per heavy atom. The van der Waals surface area contributed by atoms with Crippen LogP contribution in [0.4, 0.5) is 19.3 Å². The molecule has 10 heteroatoms. The molecule has 0 spiro atoms. The first-order valence-electron chi connectivity index (χ1n) is 7.21. The van der Waals surface area contributed by atoms with E-state index in [0.29, 0.717) is 0 Å². The molecule has 7 nitrogen and oxygen atoms in total. The molecule has 1 atom stereocenters. The van der Waals surface area contributed by atoms with Gasteiger partial charge in [0.25, 0.3) is 5.69 Å². The second-order valence-corrected chi connectivity index (χ2v) is 6.29. The Labute approximate surface area is 149 Å². The molecule has 0 aromatic heterocycles. The minimum absolute atomic E-state index is 0.00865. The van der Waals surface area contributed by atoms with Gasteiger partial charge in [-0.1, -0.05) is 6.07 Å². The molecular weight excluding hydrogens is 370 g/mol. The number of nitro benzene ring substituents is 1. The van der Waals surface area contributed by atoms with Crippen LogP contribution in [0.1, 0.15) is 10.9 Å². The Hall–Kier alpha value is -3.01. The van der Waals surface area contributed by atoms with Crippen molar-refractivity contribution in [3.05, 3.63) is 69.8 Å². The van der Waals surface area contributed by atoms with Crippen molar-refractivity contribution in [1.82, 2.24) is 4.90 Å². The van der Waals surface area contributed by atoms with Crippen LogP contribution in [-0.2, 0) is 4.79 Å². The number of hydrogen-bond donors (Lipinski definition) is 0. The number of thioether (sulfide) groups is 1. The average Bonchev–Trinajstić information content (AvgIpc) is 2.99. The summed E-state index contributed by atoms with van der Waals surface area (Å²) in [5.74, 6) is -2.70. The third kappa shape index (κ3) is 3.49. The van der Waals surface area contributed by atoms with Crippen LogP contribution >= 0.6 is 11.8 Å². The number of imide groups is 1. The molecule has 1 aliphatic rings. The highest BCUT2D eigenvalue weighted by molar-refractivity contribution is 8.00. The summed E-state index contributed by atoms with van der Waals surface area (Å²) in [4.78, 5) is 35.2. The van der Waals surface area contributed by atoms with Crippen LogP contribution in [-0.4, -0.2) is 27.6 Å². The number of ether oxygens (including phenoxy) is 1. The standard InChI is InChI=1S/C16H10F2N2O5S/c17-12-6-1-9(7-13(12)18)15-19(14(21)8-26-15)16(22)25-11-4-2-10(3-5-11)20(23)24/h1-7,15H,8H2. The molecule has 1 heterocycles. The molecule has 2 aromatic rings. The van der Waals surface area contributed by atoms with E-state index in [9.17, 15) is 28.5 Å². The molecular formula is C16H10F2N2O5S. The Kier molecular flexibility index (Phi) is 4.85. The predicted molar refractivity (Wildman–Crippen MR) is 87.5 cm³/mol. The average molecular weight is 380 g/mol. The fourth-order valence-electron chi connectivity index (χ4n) is 2.32. The summed E-state index contributed by atoms with van der Waals surface area (Å²) in [6.07, 6.45) is -1.01. The molecule has 0 saturated carbocycles. The molecule has 3 rings (SSSR count). The van der Waals surface area contributed by atoms with E-state index in [1.807, 2.05) is 0 Å². The Morgan fingerprint density at radius 2 is 1.88 bits per heavy atom. The fourth-order valence-corrected chi connectivity index (χ4v) is 3.45. The van der Waals surface area contributed by atoms with E-state index in [2.05, 4.69) is 0 Å². The van der Waals surface area contributed by atoms with Gasteiger partial charge in [-0.15, -0.1) is 11.8 Å². The summed E-state index contributed by atoms with van der Waals surface area (Å²) in [6, 6.07) is 7.84. The number of benzene rings is 2. The highest BCUT2D eigenvalue weighted by Gasteiger charge is 2.39. The maximum Gasteiger partial charge on any atom is 0.423 e. The van der Waals surface area contributed by atoms with Crippen molar-refractivity contribution in [1.29, 1.82) is 0 Å². The molecule has 0 radical (unpaired) electrons. The molecule has 1 saturated heterocycles. The zero-order chi connectivity index (χ0) is 18.8. The molecule has 0 N–H and O–H groups in total. The highest BCUT2D eigenvalue weighted by atomic mass is 32.2. The SMILES string of the molecule is O=C1CSC(c2ccc(F)c(F)c2)N1C(=O)Oc1ccc([N+](=O)[O-])cc1. The Bertz CT molecular complexity index is 891. The minimum Gasteiger partial charge on any atom is -0.410 e. The smallest absolute Gasteiger partial charge is 0.410 e. The van der Waals surface area contributed by atoms with Gasteiger partial charge in [0.15, 0.2) is 11.6 Å². The van der Waals surface area contributed by atoms with Crippen molar-refractivity contribution in [2.24, 2.45) is 0 Å². The molecule has 1 fully saturated rings. The molecule has 2 amide bonds. The maximum atomic E-state index is 13.4. The van der Waals surface area contributed by atoms with Crippen molar-refractivity contribution >= 4 is 29.4 Å². The normalized spacial score (nSPS) is 16.6. The van der Waals surface area contributed by atoms with Gasteiger partial charge < -0.3 is 4.74 Å². The third-order valence-electron chi connectivity index (χ3n) is 3.55. The Balaban J connectivity index is 1.80. The number of hydrogen-bond acceptors (Lipinski definition) is 6. The van der Waals surface area contributed by atoms with Crippen molar-refractivity contribution in [2.45, 2.75) is 5.37 Å². The van der Waals surface area contributed by atoms with Gasteiger partial charge in [0.2, 0.25) is 5.91 Å². The number of nitrogens with zero attached hydrogens (tertiary/aromatic N) is 2. The lowest BCUT2D eigenvalue weighted by molar-refractivity contribution is -0.384. The van der Waals surface area contributed by atoms with E-state index in [0.717, 1.165) is 40.9 Å². The van der Waals surface area contributed by atoms with E-state index < -0.39 is 33.9 Å². The van der Waals surface area contributed by atoms with Crippen LogP contribution in [0.2, 0.25) is 0 Å². The van der Waals surface area contributed by atoms with Gasteiger partial charge in [-0.05, 0) is 29.8 Å². The van der Waals surface area contributed by atoms with Gasteiger partial charge in [0.05, 0.1) is 10.7 Å². The van der Waals surface area contributed by atoms with Crippen molar-refractivity contribution in [2.75, 3.05) is 5.75 Å². The zero-order valence-corrected chi connectivity index (χ0v) is 13.7. The molecule has 0 aliphatic carbocycles. The van der Waals surface area contributed by atoms with Crippen molar-refractivity contribution in [3.63, 3.8) is 0 Å². The largest absolute Gasteiger partial charge is 0.423 e. The van der Waals surface area contributed by atoms with Gasteiger partial charge in [-0.3, -0.25) is 14.9 Å². The number of carbonyl (C=O) groups excluding carboxylic acids is 2. The number of amides is 2. The zero-order valence-electron chi connectivity index (χ0n) is 12.9. The van der Waals surface area contributed by atoms with E-state index >= 15 is 0 Å². The van der Waals surface area contributed by atoms with E-state index in [1.165, 1.54) is 18.2 Å². The second kappa shape index (κ2) is 7.08. The lowest BCUT2D eigenvalue weighted by Gasteiger charge is -2.21. The fraction of sp³-hybridized carbons (Fsp3) is 0.125. The van der Waals surface area contributed by atoms with Gasteiger partial charge >= 0.3 is 6.09 Å². The first-order chi connectivity index (χ1) is 12.4. The van der Waals surface area contributed by atoms with Crippen LogP contribution < -0.4 is 4.74 Å². The quantitative estimate of drug-likeness (QED) is 0.596. The number of rotatable bonds is 3. The summed E-state index contributed by atoms with van der Waals surface area (Å²) in [5.41, 5.74) is 0.0534. The van der Waals surface area contributed by atoms with E-state index in [4.69, 9.17) is 4.74 Å². The summed E-state index contributed by atoms with van der Waals surface area (Å²) < 4.78 is 31.6. The number of halogens is 2. The summed E-state index contributed by atoms with van der Waals surface area (Å²) in [6.45, 7) is 0. The molecule has 0 bridgehead atoms. The monoisotopic (exact) mass is 380 g/mol. The van der Waals surface area contributed by atoms with Crippen LogP contribution in [0.5, 0.6) is 5.75 Å². The number of non-ortho nitro benzene ring substituents is 1. The molecule has 1 unspecified atom stereocenters. The van der Waals surface area contributed by atoms with Crippen LogP contribution in [0.3, 0.4) is 0 Å². The first-order valence-corrected chi connectivity index (χ1v) is 8.26. The van der Waals surface area contributed by atoms with Gasteiger partial charge in [0, 0.05) is 12.1 Å². The van der Waals surface area contributed by atoms with Gasteiger partial charge in [-0.25, -0.2) is 18.5 Å². The van der Waals surface area contributed by atoms with Crippen LogP contribution in [0, 0.1) is 21.7 Å². The molecule has 26 heavy (non-hydrogen) atoms. The lowest BCUT2D eigenvalue weighted by atomic mass is 10.2. The maximum absolute atomic E-state index is 13.4. The van der Waals surface area contributed by atoms with E-state index in [-0.39, 0.29) is 22.8 Å². The second-order valence-electron chi connectivity index (χ2n) is 5.22. The van der Waals surface area contributed by atoms with Gasteiger partial charge in [0.1, 0.15) is 11.1 Å². The van der Waals surface area contributed by atoms with Crippen molar-refractivity contribution in [3.8, 4) is 5.75 Å². The lowest BCUT2D eigenvalue weighted by Crippen LogP contribution is -2.36. The van der Waals surface area contributed by atoms with Crippen molar-refractivity contribution < 1.29 is 28.0 Å². The Morgan fingerprint density at radius 3 is 2.50 bits per heavy atom. The summed E-state index contributed by atoms with van der Waals surface area (Å²) in [5, 5.41) is 9.76.